The van der Waals surface area contributed by atoms with Crippen LogP contribution in [0.1, 0.15) is 24.1 Å². The first kappa shape index (κ1) is 12.6. The molecular formula is C14H21NO2. The summed E-state index contributed by atoms with van der Waals surface area (Å²) >= 11 is 0. The van der Waals surface area contributed by atoms with Crippen LogP contribution in [0.3, 0.4) is 0 Å². The Morgan fingerprint density at radius 1 is 1.29 bits per heavy atom. The van der Waals surface area contributed by atoms with Crippen LogP contribution in [-0.2, 0) is 9.47 Å². The second-order valence-corrected chi connectivity index (χ2v) is 4.61. The van der Waals surface area contributed by atoms with Crippen molar-refractivity contribution in [2.75, 3.05) is 26.4 Å². The van der Waals surface area contributed by atoms with Crippen molar-refractivity contribution >= 4 is 0 Å². The molecule has 1 saturated heterocycles. The van der Waals surface area contributed by atoms with Crippen molar-refractivity contribution in [2.24, 2.45) is 0 Å². The van der Waals surface area contributed by atoms with Gasteiger partial charge in [0, 0.05) is 12.6 Å². The zero-order valence-corrected chi connectivity index (χ0v) is 10.6. The number of benzene rings is 1. The van der Waals surface area contributed by atoms with E-state index < -0.39 is 0 Å². The second-order valence-electron chi connectivity index (χ2n) is 4.61. The normalized spacial score (nSPS) is 22.4. The van der Waals surface area contributed by atoms with Crippen molar-refractivity contribution in [3.8, 4) is 0 Å². The SMILES string of the molecule is Cc1ccc(C(C)NCC2COCCO2)cc1. The van der Waals surface area contributed by atoms with Gasteiger partial charge in [0.25, 0.3) is 0 Å². The number of hydrogen-bond acceptors (Lipinski definition) is 3. The Morgan fingerprint density at radius 3 is 2.71 bits per heavy atom. The standard InChI is InChI=1S/C14H21NO2/c1-11-3-5-13(6-4-11)12(2)15-9-14-10-16-7-8-17-14/h3-6,12,14-15H,7-10H2,1-2H3. The lowest BCUT2D eigenvalue weighted by Crippen LogP contribution is -2.38. The molecule has 94 valence electrons. The van der Waals surface area contributed by atoms with Gasteiger partial charge in [0.05, 0.1) is 25.9 Å². The van der Waals surface area contributed by atoms with Gasteiger partial charge in [0.2, 0.25) is 0 Å². The topological polar surface area (TPSA) is 30.5 Å². The Morgan fingerprint density at radius 2 is 2.06 bits per heavy atom. The molecule has 1 aliphatic heterocycles. The number of rotatable bonds is 4. The van der Waals surface area contributed by atoms with Crippen LogP contribution >= 0.6 is 0 Å². The molecule has 2 unspecified atom stereocenters. The molecule has 1 aromatic carbocycles. The van der Waals surface area contributed by atoms with E-state index in [4.69, 9.17) is 9.47 Å². The van der Waals surface area contributed by atoms with Crippen LogP contribution in [0, 0.1) is 6.92 Å². The molecule has 0 aromatic heterocycles. The molecule has 3 nitrogen and oxygen atoms in total. The van der Waals surface area contributed by atoms with Crippen LogP contribution < -0.4 is 5.32 Å². The van der Waals surface area contributed by atoms with E-state index in [9.17, 15) is 0 Å². The first-order valence-electron chi connectivity index (χ1n) is 6.25. The van der Waals surface area contributed by atoms with Crippen molar-refractivity contribution in [1.29, 1.82) is 0 Å². The van der Waals surface area contributed by atoms with Gasteiger partial charge < -0.3 is 14.8 Å². The molecule has 1 N–H and O–H groups in total. The summed E-state index contributed by atoms with van der Waals surface area (Å²) in [5.41, 5.74) is 2.61. The molecule has 1 fully saturated rings. The van der Waals surface area contributed by atoms with Gasteiger partial charge in [-0.05, 0) is 19.4 Å². The summed E-state index contributed by atoms with van der Waals surface area (Å²) in [4.78, 5) is 0. The lowest BCUT2D eigenvalue weighted by atomic mass is 10.1. The first-order valence-corrected chi connectivity index (χ1v) is 6.25. The van der Waals surface area contributed by atoms with Gasteiger partial charge in [-0.2, -0.15) is 0 Å². The maximum atomic E-state index is 5.60. The van der Waals surface area contributed by atoms with Crippen LogP contribution in [-0.4, -0.2) is 32.5 Å². The molecule has 0 spiro atoms. The zero-order valence-electron chi connectivity index (χ0n) is 10.6. The third-order valence-corrected chi connectivity index (χ3v) is 3.11. The van der Waals surface area contributed by atoms with E-state index >= 15 is 0 Å². The minimum Gasteiger partial charge on any atom is -0.376 e. The fourth-order valence-electron chi connectivity index (χ4n) is 1.94. The summed E-state index contributed by atoms with van der Waals surface area (Å²) in [6.45, 7) is 7.27. The highest BCUT2D eigenvalue weighted by atomic mass is 16.6. The molecule has 0 aliphatic carbocycles. The van der Waals surface area contributed by atoms with E-state index in [-0.39, 0.29) is 6.10 Å². The molecule has 2 atom stereocenters. The number of aryl methyl sites for hydroxylation is 1. The predicted molar refractivity (Wildman–Crippen MR) is 68.2 cm³/mol. The smallest absolute Gasteiger partial charge is 0.0933 e. The van der Waals surface area contributed by atoms with Gasteiger partial charge >= 0.3 is 0 Å². The molecule has 2 rings (SSSR count). The molecule has 0 saturated carbocycles. The largest absolute Gasteiger partial charge is 0.376 e. The fraction of sp³-hybridized carbons (Fsp3) is 0.571. The maximum absolute atomic E-state index is 5.60. The predicted octanol–water partition coefficient (Wildman–Crippen LogP) is 2.06. The molecule has 3 heteroatoms. The molecule has 17 heavy (non-hydrogen) atoms. The van der Waals surface area contributed by atoms with Gasteiger partial charge in [-0.1, -0.05) is 29.8 Å². The van der Waals surface area contributed by atoms with Crippen molar-refractivity contribution in [1.82, 2.24) is 5.32 Å². The lowest BCUT2D eigenvalue weighted by Gasteiger charge is -2.25. The Balaban J connectivity index is 1.80. The van der Waals surface area contributed by atoms with Crippen molar-refractivity contribution in [2.45, 2.75) is 26.0 Å². The van der Waals surface area contributed by atoms with Crippen molar-refractivity contribution in [3.05, 3.63) is 35.4 Å². The Hall–Kier alpha value is -0.900. The lowest BCUT2D eigenvalue weighted by molar-refractivity contribution is -0.0869. The monoisotopic (exact) mass is 235 g/mol. The van der Waals surface area contributed by atoms with Gasteiger partial charge in [-0.25, -0.2) is 0 Å². The van der Waals surface area contributed by atoms with Crippen LogP contribution in [0.15, 0.2) is 24.3 Å². The third kappa shape index (κ3) is 3.80. The summed E-state index contributed by atoms with van der Waals surface area (Å²) in [5.74, 6) is 0. The average Bonchev–Trinajstić information content (AvgIpc) is 2.38. The third-order valence-electron chi connectivity index (χ3n) is 3.11. The number of nitrogens with one attached hydrogen (secondary N) is 1. The molecule has 0 radical (unpaired) electrons. The summed E-state index contributed by atoms with van der Waals surface area (Å²) in [5, 5.41) is 3.48. The molecular weight excluding hydrogens is 214 g/mol. The average molecular weight is 235 g/mol. The summed E-state index contributed by atoms with van der Waals surface area (Å²) in [6, 6.07) is 8.99. The van der Waals surface area contributed by atoms with Crippen molar-refractivity contribution < 1.29 is 9.47 Å². The van der Waals surface area contributed by atoms with Crippen LogP contribution in [0.5, 0.6) is 0 Å². The molecule has 1 aromatic rings. The van der Waals surface area contributed by atoms with Crippen LogP contribution in [0.25, 0.3) is 0 Å². The highest BCUT2D eigenvalue weighted by Gasteiger charge is 2.15. The quantitative estimate of drug-likeness (QED) is 0.866. The number of hydrogen-bond donors (Lipinski definition) is 1. The molecule has 0 bridgehead atoms. The molecule has 1 heterocycles. The van der Waals surface area contributed by atoms with Crippen LogP contribution in [0.2, 0.25) is 0 Å². The van der Waals surface area contributed by atoms with E-state index in [0.717, 1.165) is 13.2 Å². The van der Waals surface area contributed by atoms with Crippen molar-refractivity contribution in [3.63, 3.8) is 0 Å². The van der Waals surface area contributed by atoms with E-state index in [1.54, 1.807) is 0 Å². The molecule has 1 aliphatic rings. The van der Waals surface area contributed by atoms with Gasteiger partial charge in [0.1, 0.15) is 0 Å². The maximum Gasteiger partial charge on any atom is 0.0933 e. The Labute approximate surface area is 103 Å². The summed E-state index contributed by atoms with van der Waals surface area (Å²) in [7, 11) is 0. The second kappa shape index (κ2) is 6.15. The van der Waals surface area contributed by atoms with Gasteiger partial charge in [0.15, 0.2) is 0 Å². The Kier molecular flexibility index (Phi) is 4.54. The first-order chi connectivity index (χ1) is 8.25. The van der Waals surface area contributed by atoms with Gasteiger partial charge in [-0.3, -0.25) is 0 Å². The highest BCUT2D eigenvalue weighted by molar-refractivity contribution is 5.23. The fourth-order valence-corrected chi connectivity index (χ4v) is 1.94. The number of ether oxygens (including phenoxy) is 2. The Bertz CT molecular complexity index is 331. The minimum atomic E-state index is 0.191. The minimum absolute atomic E-state index is 0.191. The van der Waals surface area contributed by atoms with E-state index in [2.05, 4.69) is 43.4 Å². The summed E-state index contributed by atoms with van der Waals surface area (Å²) in [6.07, 6.45) is 0.191. The summed E-state index contributed by atoms with van der Waals surface area (Å²) < 4.78 is 11.0. The van der Waals surface area contributed by atoms with E-state index in [1.165, 1.54) is 11.1 Å². The molecule has 0 amide bonds. The van der Waals surface area contributed by atoms with Crippen LogP contribution in [0.4, 0.5) is 0 Å². The van der Waals surface area contributed by atoms with Gasteiger partial charge in [-0.15, -0.1) is 0 Å². The highest BCUT2D eigenvalue weighted by Crippen LogP contribution is 2.13. The van der Waals surface area contributed by atoms with E-state index in [0.29, 0.717) is 19.3 Å². The zero-order chi connectivity index (χ0) is 12.1. The van der Waals surface area contributed by atoms with E-state index in [1.807, 2.05) is 0 Å².